The molecule has 0 radical (unpaired) electrons. The van der Waals surface area contributed by atoms with E-state index in [9.17, 15) is 0 Å². The number of hydrogen-bond donors (Lipinski definition) is 0. The highest BCUT2D eigenvalue weighted by molar-refractivity contribution is 9.10. The SMILES string of the molecule is CC(C)(C)CCOC(CBr)c1ccc(Br)cc1. The number of alkyl halides is 1. The third kappa shape index (κ3) is 6.03. The average molecular weight is 364 g/mol. The molecule has 0 aromatic heterocycles. The Morgan fingerprint density at radius 1 is 1.18 bits per heavy atom. The number of halogens is 2. The van der Waals surface area contributed by atoms with Crippen molar-refractivity contribution in [1.29, 1.82) is 0 Å². The van der Waals surface area contributed by atoms with Crippen LogP contribution in [0.3, 0.4) is 0 Å². The lowest BCUT2D eigenvalue weighted by atomic mass is 9.93. The minimum Gasteiger partial charge on any atom is -0.373 e. The molecule has 96 valence electrons. The molecule has 0 spiro atoms. The maximum atomic E-state index is 5.93. The summed E-state index contributed by atoms with van der Waals surface area (Å²) in [7, 11) is 0. The molecule has 1 unspecified atom stereocenters. The monoisotopic (exact) mass is 362 g/mol. The number of rotatable bonds is 5. The van der Waals surface area contributed by atoms with E-state index in [1.165, 1.54) is 5.56 Å². The first kappa shape index (κ1) is 15.2. The van der Waals surface area contributed by atoms with Gasteiger partial charge in [0.15, 0.2) is 0 Å². The van der Waals surface area contributed by atoms with Gasteiger partial charge in [0.05, 0.1) is 6.10 Å². The summed E-state index contributed by atoms with van der Waals surface area (Å²) >= 11 is 6.96. The fourth-order valence-corrected chi connectivity index (χ4v) is 2.24. The predicted octanol–water partition coefficient (Wildman–Crippen LogP) is 5.34. The van der Waals surface area contributed by atoms with Crippen LogP contribution in [0.25, 0.3) is 0 Å². The summed E-state index contributed by atoms with van der Waals surface area (Å²) < 4.78 is 7.03. The Balaban J connectivity index is 2.51. The molecular weight excluding hydrogens is 344 g/mol. The number of hydrogen-bond acceptors (Lipinski definition) is 1. The van der Waals surface area contributed by atoms with Crippen LogP contribution in [0.4, 0.5) is 0 Å². The van der Waals surface area contributed by atoms with Gasteiger partial charge in [-0.15, -0.1) is 0 Å². The molecule has 0 saturated heterocycles. The van der Waals surface area contributed by atoms with Gasteiger partial charge in [-0.1, -0.05) is 64.8 Å². The second-order valence-corrected chi connectivity index (χ2v) is 6.94. The van der Waals surface area contributed by atoms with E-state index in [1.54, 1.807) is 0 Å². The van der Waals surface area contributed by atoms with E-state index >= 15 is 0 Å². The average Bonchev–Trinajstić information content (AvgIpc) is 2.24. The van der Waals surface area contributed by atoms with Crippen LogP contribution < -0.4 is 0 Å². The highest BCUT2D eigenvalue weighted by Gasteiger charge is 2.14. The van der Waals surface area contributed by atoms with Gasteiger partial charge in [-0.2, -0.15) is 0 Å². The molecule has 0 saturated carbocycles. The topological polar surface area (TPSA) is 9.23 Å². The summed E-state index contributed by atoms with van der Waals surface area (Å²) in [5.74, 6) is 0. The molecule has 0 aliphatic heterocycles. The molecular formula is C14H20Br2O. The van der Waals surface area contributed by atoms with Crippen LogP contribution in [0.2, 0.25) is 0 Å². The van der Waals surface area contributed by atoms with Crippen molar-refractivity contribution in [3.8, 4) is 0 Å². The fourth-order valence-electron chi connectivity index (χ4n) is 1.41. The van der Waals surface area contributed by atoms with Crippen LogP contribution in [0.1, 0.15) is 38.9 Å². The smallest absolute Gasteiger partial charge is 0.0921 e. The van der Waals surface area contributed by atoms with Gasteiger partial charge in [-0.05, 0) is 29.5 Å². The minimum absolute atomic E-state index is 0.144. The summed E-state index contributed by atoms with van der Waals surface area (Å²) in [5, 5.41) is 0.832. The molecule has 1 aromatic carbocycles. The van der Waals surface area contributed by atoms with E-state index < -0.39 is 0 Å². The number of ether oxygens (including phenoxy) is 1. The van der Waals surface area contributed by atoms with Crippen molar-refractivity contribution in [2.45, 2.75) is 33.3 Å². The Morgan fingerprint density at radius 2 is 1.76 bits per heavy atom. The molecule has 1 rings (SSSR count). The lowest BCUT2D eigenvalue weighted by Crippen LogP contribution is -2.13. The van der Waals surface area contributed by atoms with Gasteiger partial charge in [-0.3, -0.25) is 0 Å². The summed E-state index contributed by atoms with van der Waals surface area (Å²) in [5.41, 5.74) is 1.55. The predicted molar refractivity (Wildman–Crippen MR) is 80.7 cm³/mol. The van der Waals surface area contributed by atoms with Gasteiger partial charge >= 0.3 is 0 Å². The van der Waals surface area contributed by atoms with Crippen molar-refractivity contribution in [3.05, 3.63) is 34.3 Å². The lowest BCUT2D eigenvalue weighted by molar-refractivity contribution is 0.0521. The van der Waals surface area contributed by atoms with Gasteiger partial charge in [0.1, 0.15) is 0 Å². The molecule has 0 fully saturated rings. The highest BCUT2D eigenvalue weighted by atomic mass is 79.9. The summed E-state index contributed by atoms with van der Waals surface area (Å²) in [6.45, 7) is 7.51. The van der Waals surface area contributed by atoms with Gasteiger partial charge in [-0.25, -0.2) is 0 Å². The molecule has 0 N–H and O–H groups in total. The molecule has 17 heavy (non-hydrogen) atoms. The molecule has 0 aliphatic rings. The normalized spacial score (nSPS) is 13.7. The quantitative estimate of drug-likeness (QED) is 0.641. The van der Waals surface area contributed by atoms with E-state index in [1.807, 2.05) is 0 Å². The Bertz CT molecular complexity index is 327. The van der Waals surface area contributed by atoms with Crippen LogP contribution in [-0.2, 0) is 4.74 Å². The first-order valence-electron chi connectivity index (χ1n) is 5.85. The number of benzene rings is 1. The van der Waals surface area contributed by atoms with E-state index in [0.29, 0.717) is 5.41 Å². The van der Waals surface area contributed by atoms with Crippen LogP contribution in [-0.4, -0.2) is 11.9 Å². The Hall–Kier alpha value is 0.140. The largest absolute Gasteiger partial charge is 0.373 e. The first-order chi connectivity index (χ1) is 7.92. The van der Waals surface area contributed by atoms with Gasteiger partial charge in [0.25, 0.3) is 0 Å². The summed E-state index contributed by atoms with van der Waals surface area (Å²) in [4.78, 5) is 0. The van der Waals surface area contributed by atoms with E-state index in [-0.39, 0.29) is 6.10 Å². The van der Waals surface area contributed by atoms with Crippen molar-refractivity contribution >= 4 is 31.9 Å². The molecule has 1 nitrogen and oxygen atoms in total. The zero-order valence-corrected chi connectivity index (χ0v) is 13.8. The zero-order valence-electron chi connectivity index (χ0n) is 10.7. The van der Waals surface area contributed by atoms with E-state index in [4.69, 9.17) is 4.74 Å². The Labute approximate surface area is 121 Å². The van der Waals surface area contributed by atoms with E-state index in [0.717, 1.165) is 22.8 Å². The van der Waals surface area contributed by atoms with E-state index in [2.05, 4.69) is 76.9 Å². The zero-order chi connectivity index (χ0) is 12.9. The minimum atomic E-state index is 0.144. The molecule has 0 bridgehead atoms. The van der Waals surface area contributed by atoms with Crippen LogP contribution in [0.5, 0.6) is 0 Å². The molecule has 3 heteroatoms. The summed E-state index contributed by atoms with van der Waals surface area (Å²) in [6.07, 6.45) is 1.22. The fraction of sp³-hybridized carbons (Fsp3) is 0.571. The highest BCUT2D eigenvalue weighted by Crippen LogP contribution is 2.24. The molecule has 0 aliphatic carbocycles. The second-order valence-electron chi connectivity index (χ2n) is 5.38. The van der Waals surface area contributed by atoms with Crippen molar-refractivity contribution in [1.82, 2.24) is 0 Å². The Morgan fingerprint density at radius 3 is 2.24 bits per heavy atom. The van der Waals surface area contributed by atoms with Gasteiger partial charge < -0.3 is 4.74 Å². The van der Waals surface area contributed by atoms with Crippen LogP contribution >= 0.6 is 31.9 Å². The standard InChI is InChI=1S/C14H20Br2O/c1-14(2,3)8-9-17-13(10-15)11-4-6-12(16)7-5-11/h4-7,13H,8-10H2,1-3H3. The third-order valence-electron chi connectivity index (χ3n) is 2.55. The Kier molecular flexibility index (Phi) is 6.18. The maximum absolute atomic E-state index is 5.93. The maximum Gasteiger partial charge on any atom is 0.0921 e. The second kappa shape index (κ2) is 6.91. The van der Waals surface area contributed by atoms with Crippen molar-refractivity contribution in [2.24, 2.45) is 5.41 Å². The van der Waals surface area contributed by atoms with Crippen molar-refractivity contribution in [3.63, 3.8) is 0 Å². The summed E-state index contributed by atoms with van der Waals surface area (Å²) in [6, 6.07) is 8.32. The van der Waals surface area contributed by atoms with Crippen molar-refractivity contribution in [2.75, 3.05) is 11.9 Å². The molecule has 1 atom stereocenters. The van der Waals surface area contributed by atoms with Gasteiger partial charge in [0, 0.05) is 16.4 Å². The first-order valence-corrected chi connectivity index (χ1v) is 7.77. The van der Waals surface area contributed by atoms with Crippen LogP contribution in [0.15, 0.2) is 28.7 Å². The van der Waals surface area contributed by atoms with Crippen molar-refractivity contribution < 1.29 is 4.74 Å². The molecule has 0 heterocycles. The lowest BCUT2D eigenvalue weighted by Gasteiger charge is -2.21. The molecule has 0 amide bonds. The molecule has 1 aromatic rings. The van der Waals surface area contributed by atoms with Crippen LogP contribution in [0, 0.1) is 5.41 Å². The van der Waals surface area contributed by atoms with Gasteiger partial charge in [0.2, 0.25) is 0 Å². The third-order valence-corrected chi connectivity index (χ3v) is 3.67.